The van der Waals surface area contributed by atoms with Crippen molar-refractivity contribution in [2.24, 2.45) is 0 Å². The van der Waals surface area contributed by atoms with Crippen LogP contribution in [-0.2, 0) is 14.4 Å². The van der Waals surface area contributed by atoms with Gasteiger partial charge in [-0.15, -0.1) is 0 Å². The molecule has 3 rings (SSSR count). The lowest BCUT2D eigenvalue weighted by Gasteiger charge is -2.27. The number of amides is 4. The SMILES string of the molecule is O=C(O)C(F)(F)F.O=C1CCC(N2C(=O)c3ccccc3C2=O)C(=O)N1. The second-order valence-electron chi connectivity index (χ2n) is 5.30. The van der Waals surface area contributed by atoms with Crippen LogP contribution < -0.4 is 5.32 Å². The molecule has 1 unspecified atom stereocenters. The molecule has 2 heterocycles. The number of hydrogen-bond acceptors (Lipinski definition) is 5. The van der Waals surface area contributed by atoms with Gasteiger partial charge in [-0.1, -0.05) is 12.1 Å². The molecule has 2 N–H and O–H groups in total. The normalized spacial score (nSPS) is 19.5. The molecule has 0 radical (unpaired) electrons. The number of nitrogens with zero attached hydrogens (tertiary/aromatic N) is 1. The van der Waals surface area contributed by atoms with E-state index in [1.54, 1.807) is 24.3 Å². The van der Waals surface area contributed by atoms with E-state index >= 15 is 0 Å². The molecule has 0 saturated carbocycles. The molecule has 138 valence electrons. The van der Waals surface area contributed by atoms with Gasteiger partial charge < -0.3 is 5.11 Å². The number of rotatable bonds is 1. The van der Waals surface area contributed by atoms with Gasteiger partial charge in [-0.3, -0.25) is 29.4 Å². The van der Waals surface area contributed by atoms with Gasteiger partial charge in [0.05, 0.1) is 11.1 Å². The summed E-state index contributed by atoms with van der Waals surface area (Å²) in [4.78, 5) is 57.0. The molecule has 2 aliphatic heterocycles. The minimum atomic E-state index is -5.08. The molecule has 1 saturated heterocycles. The number of hydrogen-bond donors (Lipinski definition) is 2. The quantitative estimate of drug-likeness (QED) is 0.701. The van der Waals surface area contributed by atoms with Crippen LogP contribution in [0.3, 0.4) is 0 Å². The number of fused-ring (bicyclic) bond motifs is 1. The highest BCUT2D eigenvalue weighted by atomic mass is 19.4. The van der Waals surface area contributed by atoms with Crippen LogP contribution in [0.1, 0.15) is 33.6 Å². The van der Waals surface area contributed by atoms with Crippen LogP contribution in [-0.4, -0.2) is 51.8 Å². The van der Waals surface area contributed by atoms with Crippen LogP contribution in [0.2, 0.25) is 0 Å². The third-order valence-electron chi connectivity index (χ3n) is 3.59. The number of carboxylic acids is 1. The summed E-state index contributed by atoms with van der Waals surface area (Å²) in [6.45, 7) is 0. The summed E-state index contributed by atoms with van der Waals surface area (Å²) >= 11 is 0. The fourth-order valence-electron chi connectivity index (χ4n) is 2.42. The number of imide groups is 2. The summed E-state index contributed by atoms with van der Waals surface area (Å²) in [5.74, 6) is -4.68. The van der Waals surface area contributed by atoms with Crippen LogP contribution in [0.4, 0.5) is 13.2 Å². The predicted octanol–water partition coefficient (Wildman–Crippen LogP) is 0.721. The number of carboxylic acid groups (broad SMARTS) is 1. The number of carbonyl (C=O) groups excluding carboxylic acids is 4. The first-order valence-electron chi connectivity index (χ1n) is 7.14. The fourth-order valence-corrected chi connectivity index (χ4v) is 2.42. The maximum Gasteiger partial charge on any atom is 0.490 e. The minimum Gasteiger partial charge on any atom is -0.475 e. The van der Waals surface area contributed by atoms with E-state index in [2.05, 4.69) is 5.32 Å². The van der Waals surface area contributed by atoms with Crippen molar-refractivity contribution in [1.29, 1.82) is 0 Å². The molecule has 1 atom stereocenters. The highest BCUT2D eigenvalue weighted by Gasteiger charge is 2.44. The number of benzene rings is 1. The molecule has 0 aromatic heterocycles. The lowest BCUT2D eigenvalue weighted by atomic mass is 10.0. The van der Waals surface area contributed by atoms with Gasteiger partial charge in [-0.2, -0.15) is 13.2 Å². The largest absolute Gasteiger partial charge is 0.490 e. The summed E-state index contributed by atoms with van der Waals surface area (Å²) in [7, 11) is 0. The molecular formula is C15H11F3N2O6. The number of nitrogens with one attached hydrogen (secondary N) is 1. The third-order valence-corrected chi connectivity index (χ3v) is 3.59. The molecule has 8 nitrogen and oxygen atoms in total. The van der Waals surface area contributed by atoms with E-state index < -0.39 is 35.9 Å². The third kappa shape index (κ3) is 3.71. The monoisotopic (exact) mass is 372 g/mol. The predicted molar refractivity (Wildman–Crippen MR) is 76.8 cm³/mol. The Kier molecular flexibility index (Phi) is 5.10. The standard InChI is InChI=1S/C13H10N2O4.C2HF3O2/c16-10-6-5-9(11(17)14-10)15-12(18)7-3-1-2-4-8(7)13(15)19;3-2(4,5)1(6)7/h1-4,9H,5-6H2,(H,14,16,17);(H,6,7). The number of halogens is 3. The zero-order chi connectivity index (χ0) is 19.6. The molecule has 1 aromatic rings. The van der Waals surface area contributed by atoms with Crippen molar-refractivity contribution in [3.8, 4) is 0 Å². The van der Waals surface area contributed by atoms with E-state index in [9.17, 15) is 32.3 Å². The molecule has 11 heteroatoms. The van der Waals surface area contributed by atoms with Crippen molar-refractivity contribution >= 4 is 29.6 Å². The summed E-state index contributed by atoms with van der Waals surface area (Å²) in [6.07, 6.45) is -4.78. The average Bonchev–Trinajstić information content (AvgIpc) is 2.80. The number of piperidine rings is 1. The Hall–Kier alpha value is -3.24. The van der Waals surface area contributed by atoms with Crippen molar-refractivity contribution in [2.45, 2.75) is 25.1 Å². The van der Waals surface area contributed by atoms with Gasteiger partial charge in [0, 0.05) is 6.42 Å². The van der Waals surface area contributed by atoms with Gasteiger partial charge in [0.2, 0.25) is 11.8 Å². The molecule has 4 amide bonds. The van der Waals surface area contributed by atoms with Crippen LogP contribution in [0, 0.1) is 0 Å². The van der Waals surface area contributed by atoms with E-state index in [1.807, 2.05) is 0 Å². The van der Waals surface area contributed by atoms with Gasteiger partial charge in [0.1, 0.15) is 6.04 Å². The molecular weight excluding hydrogens is 361 g/mol. The maximum atomic E-state index is 12.2. The average molecular weight is 372 g/mol. The first-order chi connectivity index (χ1) is 12.0. The Bertz CT molecular complexity index is 770. The Balaban J connectivity index is 0.000000298. The molecule has 0 aliphatic carbocycles. The first-order valence-corrected chi connectivity index (χ1v) is 7.14. The van der Waals surface area contributed by atoms with Gasteiger partial charge in [-0.25, -0.2) is 4.79 Å². The smallest absolute Gasteiger partial charge is 0.475 e. The Morgan fingerprint density at radius 2 is 1.54 bits per heavy atom. The summed E-state index contributed by atoms with van der Waals surface area (Å²) < 4.78 is 31.7. The van der Waals surface area contributed by atoms with E-state index in [-0.39, 0.29) is 18.7 Å². The van der Waals surface area contributed by atoms with Crippen LogP contribution in [0.25, 0.3) is 0 Å². The van der Waals surface area contributed by atoms with Crippen molar-refractivity contribution in [3.63, 3.8) is 0 Å². The van der Waals surface area contributed by atoms with Crippen molar-refractivity contribution in [3.05, 3.63) is 35.4 Å². The van der Waals surface area contributed by atoms with Gasteiger partial charge in [0.25, 0.3) is 11.8 Å². The summed E-state index contributed by atoms with van der Waals surface area (Å²) in [6, 6.07) is 5.55. The van der Waals surface area contributed by atoms with E-state index in [1.165, 1.54) is 0 Å². The van der Waals surface area contributed by atoms with Crippen molar-refractivity contribution in [1.82, 2.24) is 10.2 Å². The topological polar surface area (TPSA) is 121 Å². The number of aliphatic carboxylic acids is 1. The Morgan fingerprint density at radius 3 is 1.92 bits per heavy atom. The van der Waals surface area contributed by atoms with Crippen LogP contribution >= 0.6 is 0 Å². The van der Waals surface area contributed by atoms with Gasteiger partial charge in [0.15, 0.2) is 0 Å². The van der Waals surface area contributed by atoms with E-state index in [0.717, 1.165) is 4.90 Å². The maximum absolute atomic E-state index is 12.2. The molecule has 1 aromatic carbocycles. The van der Waals surface area contributed by atoms with Crippen LogP contribution in [0.15, 0.2) is 24.3 Å². The number of alkyl halides is 3. The van der Waals surface area contributed by atoms with Gasteiger partial charge in [-0.05, 0) is 18.6 Å². The van der Waals surface area contributed by atoms with Crippen molar-refractivity contribution < 1.29 is 42.3 Å². The summed E-state index contributed by atoms with van der Waals surface area (Å²) in [5, 5.41) is 9.28. The molecule has 1 fully saturated rings. The lowest BCUT2D eigenvalue weighted by Crippen LogP contribution is -2.54. The highest BCUT2D eigenvalue weighted by Crippen LogP contribution is 2.27. The molecule has 0 bridgehead atoms. The molecule has 2 aliphatic rings. The first kappa shape index (κ1) is 19.1. The lowest BCUT2D eigenvalue weighted by molar-refractivity contribution is -0.192. The van der Waals surface area contributed by atoms with Crippen LogP contribution in [0.5, 0.6) is 0 Å². The van der Waals surface area contributed by atoms with Gasteiger partial charge >= 0.3 is 12.1 Å². The second kappa shape index (κ2) is 6.94. The number of carbonyl (C=O) groups is 5. The second-order valence-corrected chi connectivity index (χ2v) is 5.30. The summed E-state index contributed by atoms with van der Waals surface area (Å²) in [5.41, 5.74) is 0.606. The van der Waals surface area contributed by atoms with Crippen molar-refractivity contribution in [2.75, 3.05) is 0 Å². The fraction of sp³-hybridized carbons (Fsp3) is 0.267. The minimum absolute atomic E-state index is 0.129. The highest BCUT2D eigenvalue weighted by molar-refractivity contribution is 6.23. The zero-order valence-corrected chi connectivity index (χ0v) is 12.9. The zero-order valence-electron chi connectivity index (χ0n) is 12.9. The van der Waals surface area contributed by atoms with E-state index in [0.29, 0.717) is 11.1 Å². The molecule has 0 spiro atoms. The molecule has 26 heavy (non-hydrogen) atoms. The Morgan fingerprint density at radius 1 is 1.08 bits per heavy atom. The van der Waals surface area contributed by atoms with E-state index in [4.69, 9.17) is 9.90 Å². The Labute approximate surface area is 143 Å².